The Kier molecular flexibility index (Phi) is 5.98. The SMILES string of the molecule is CCc1ccc(C2C(C(=O)c3cc4ccccc4o3)=C(O)C(=O)N2c2cc(OC)cc(OC)c2)cc1. The summed E-state index contributed by atoms with van der Waals surface area (Å²) >= 11 is 0. The van der Waals surface area contributed by atoms with E-state index in [2.05, 4.69) is 0 Å². The van der Waals surface area contributed by atoms with Crippen molar-refractivity contribution in [2.75, 3.05) is 19.1 Å². The van der Waals surface area contributed by atoms with Gasteiger partial charge in [-0.1, -0.05) is 49.4 Å². The van der Waals surface area contributed by atoms with E-state index in [9.17, 15) is 14.7 Å². The number of nitrogens with zero attached hydrogens (tertiary/aromatic N) is 1. The van der Waals surface area contributed by atoms with E-state index in [0.717, 1.165) is 17.4 Å². The van der Waals surface area contributed by atoms with Crippen LogP contribution in [0.1, 0.15) is 34.6 Å². The number of aliphatic hydroxyl groups excluding tert-OH is 1. The Bertz CT molecular complexity index is 1440. The number of methoxy groups -OCH3 is 2. The van der Waals surface area contributed by atoms with Gasteiger partial charge in [-0.2, -0.15) is 0 Å². The van der Waals surface area contributed by atoms with Gasteiger partial charge < -0.3 is 19.0 Å². The number of hydrogen-bond donors (Lipinski definition) is 1. The lowest BCUT2D eigenvalue weighted by molar-refractivity contribution is -0.117. The molecule has 7 heteroatoms. The number of rotatable bonds is 7. The molecule has 0 radical (unpaired) electrons. The summed E-state index contributed by atoms with van der Waals surface area (Å²) in [5.41, 5.74) is 2.69. The number of hydrogen-bond acceptors (Lipinski definition) is 6. The van der Waals surface area contributed by atoms with E-state index in [1.807, 2.05) is 49.4 Å². The van der Waals surface area contributed by atoms with E-state index in [0.29, 0.717) is 28.3 Å². The maximum Gasteiger partial charge on any atom is 0.294 e. The van der Waals surface area contributed by atoms with Gasteiger partial charge in [-0.25, -0.2) is 0 Å². The quantitative estimate of drug-likeness (QED) is 0.335. The number of para-hydroxylation sites is 1. The molecule has 0 fully saturated rings. The molecule has 5 rings (SSSR count). The summed E-state index contributed by atoms with van der Waals surface area (Å²) in [7, 11) is 3.02. The van der Waals surface area contributed by atoms with Crippen LogP contribution in [-0.4, -0.2) is 31.0 Å². The van der Waals surface area contributed by atoms with Crippen molar-refractivity contribution in [3.8, 4) is 11.5 Å². The third-order valence-electron chi connectivity index (χ3n) is 6.42. The van der Waals surface area contributed by atoms with Crippen LogP contribution in [0.15, 0.2) is 88.5 Å². The summed E-state index contributed by atoms with van der Waals surface area (Å²) < 4.78 is 16.6. The van der Waals surface area contributed by atoms with Crippen LogP contribution < -0.4 is 14.4 Å². The van der Waals surface area contributed by atoms with E-state index >= 15 is 0 Å². The van der Waals surface area contributed by atoms with Crippen LogP contribution in [0.25, 0.3) is 11.0 Å². The Hall–Kier alpha value is -4.52. The number of furan rings is 1. The van der Waals surface area contributed by atoms with Crippen molar-refractivity contribution in [3.05, 3.63) is 101 Å². The molecular formula is C29H25NO6. The molecule has 0 bridgehead atoms. The normalized spacial score (nSPS) is 15.6. The van der Waals surface area contributed by atoms with Crippen LogP contribution in [0, 0.1) is 0 Å². The Morgan fingerprint density at radius 3 is 2.25 bits per heavy atom. The number of Topliss-reactive ketones (excluding diaryl/α,β-unsaturated/α-hetero) is 1. The van der Waals surface area contributed by atoms with Crippen LogP contribution in [0.3, 0.4) is 0 Å². The molecule has 7 nitrogen and oxygen atoms in total. The first kappa shape index (κ1) is 23.2. The van der Waals surface area contributed by atoms with Crippen molar-refractivity contribution in [2.24, 2.45) is 0 Å². The summed E-state index contributed by atoms with van der Waals surface area (Å²) in [5.74, 6) is -0.895. The van der Waals surface area contributed by atoms with E-state index < -0.39 is 23.5 Å². The molecule has 182 valence electrons. The summed E-state index contributed by atoms with van der Waals surface area (Å²) in [6, 6.07) is 20.6. The van der Waals surface area contributed by atoms with Crippen LogP contribution >= 0.6 is 0 Å². The van der Waals surface area contributed by atoms with E-state index in [1.165, 1.54) is 19.1 Å². The number of anilines is 1. The van der Waals surface area contributed by atoms with Gasteiger partial charge in [0, 0.05) is 23.6 Å². The molecule has 3 aromatic carbocycles. The van der Waals surface area contributed by atoms with E-state index in [4.69, 9.17) is 13.9 Å². The molecule has 36 heavy (non-hydrogen) atoms. The Morgan fingerprint density at radius 1 is 0.972 bits per heavy atom. The van der Waals surface area contributed by atoms with Gasteiger partial charge in [0.1, 0.15) is 17.1 Å². The van der Waals surface area contributed by atoms with Crippen molar-refractivity contribution in [1.29, 1.82) is 0 Å². The molecule has 1 amide bonds. The largest absolute Gasteiger partial charge is 0.503 e. The maximum atomic E-state index is 13.8. The average Bonchev–Trinajstić information content (AvgIpc) is 3.47. The number of fused-ring (bicyclic) bond motifs is 1. The highest BCUT2D eigenvalue weighted by molar-refractivity contribution is 6.20. The highest BCUT2D eigenvalue weighted by Gasteiger charge is 2.45. The number of ketones is 1. The smallest absolute Gasteiger partial charge is 0.294 e. The van der Waals surface area contributed by atoms with Gasteiger partial charge in [-0.3, -0.25) is 14.5 Å². The number of benzene rings is 3. The minimum absolute atomic E-state index is 0.0470. The summed E-state index contributed by atoms with van der Waals surface area (Å²) in [6.07, 6.45) is 0.840. The van der Waals surface area contributed by atoms with Crippen LogP contribution in [0.5, 0.6) is 11.5 Å². The van der Waals surface area contributed by atoms with Crippen molar-refractivity contribution < 1.29 is 28.6 Å². The molecular weight excluding hydrogens is 458 g/mol. The fourth-order valence-electron chi connectivity index (χ4n) is 4.51. The first-order valence-electron chi connectivity index (χ1n) is 11.6. The second-order valence-corrected chi connectivity index (χ2v) is 8.48. The van der Waals surface area contributed by atoms with Crippen molar-refractivity contribution in [1.82, 2.24) is 0 Å². The average molecular weight is 484 g/mol. The van der Waals surface area contributed by atoms with Gasteiger partial charge in [0.05, 0.1) is 31.5 Å². The number of ether oxygens (including phenoxy) is 2. The molecule has 0 saturated carbocycles. The van der Waals surface area contributed by atoms with Crippen LogP contribution in [0.2, 0.25) is 0 Å². The second-order valence-electron chi connectivity index (χ2n) is 8.48. The van der Waals surface area contributed by atoms with Gasteiger partial charge in [0.15, 0.2) is 11.5 Å². The van der Waals surface area contributed by atoms with Gasteiger partial charge >= 0.3 is 0 Å². The molecule has 0 aliphatic carbocycles. The molecule has 1 aliphatic rings. The lowest BCUT2D eigenvalue weighted by Crippen LogP contribution is -2.31. The summed E-state index contributed by atoms with van der Waals surface area (Å²) in [4.78, 5) is 28.6. The first-order valence-corrected chi connectivity index (χ1v) is 11.6. The molecule has 0 spiro atoms. The molecule has 0 saturated heterocycles. The number of carbonyl (C=O) groups excluding carboxylic acids is 2. The minimum atomic E-state index is -0.888. The number of carbonyl (C=O) groups is 2. The predicted octanol–water partition coefficient (Wildman–Crippen LogP) is 5.80. The monoisotopic (exact) mass is 483 g/mol. The number of aliphatic hydroxyl groups is 1. The standard InChI is InChI=1S/C29H25NO6/c1-4-17-9-11-18(12-10-17)26-25(27(31)24-13-19-7-5-6-8-23(19)36-24)28(32)29(33)30(26)20-14-21(34-2)16-22(15-20)35-3/h5-16,26,32H,4H2,1-3H3. The molecule has 1 aliphatic heterocycles. The van der Waals surface area contributed by atoms with Crippen LogP contribution in [-0.2, 0) is 11.2 Å². The highest BCUT2D eigenvalue weighted by atomic mass is 16.5. The fourth-order valence-corrected chi connectivity index (χ4v) is 4.51. The van der Waals surface area contributed by atoms with Gasteiger partial charge in [0.2, 0.25) is 5.78 Å². The molecule has 1 unspecified atom stereocenters. The zero-order chi connectivity index (χ0) is 25.4. The zero-order valence-electron chi connectivity index (χ0n) is 20.1. The van der Waals surface area contributed by atoms with Gasteiger partial charge in [-0.05, 0) is 29.7 Å². The van der Waals surface area contributed by atoms with Crippen LogP contribution in [0.4, 0.5) is 5.69 Å². The first-order chi connectivity index (χ1) is 17.4. The van der Waals surface area contributed by atoms with Gasteiger partial charge in [-0.15, -0.1) is 0 Å². The van der Waals surface area contributed by atoms with Gasteiger partial charge in [0.25, 0.3) is 5.91 Å². The fraction of sp³-hybridized carbons (Fsp3) is 0.172. The third-order valence-corrected chi connectivity index (χ3v) is 6.42. The van der Waals surface area contributed by atoms with Crippen molar-refractivity contribution >= 4 is 28.3 Å². The predicted molar refractivity (Wildman–Crippen MR) is 136 cm³/mol. The van der Waals surface area contributed by atoms with Crippen molar-refractivity contribution in [2.45, 2.75) is 19.4 Å². The minimum Gasteiger partial charge on any atom is -0.503 e. The highest BCUT2D eigenvalue weighted by Crippen LogP contribution is 2.44. The Morgan fingerprint density at radius 2 is 1.64 bits per heavy atom. The third kappa shape index (κ3) is 3.88. The Labute approximate surface area is 208 Å². The molecule has 1 atom stereocenters. The number of aryl methyl sites for hydroxylation is 1. The topological polar surface area (TPSA) is 89.2 Å². The zero-order valence-corrected chi connectivity index (χ0v) is 20.1. The maximum absolute atomic E-state index is 13.8. The second kappa shape index (κ2) is 9.26. The van der Waals surface area contributed by atoms with E-state index in [1.54, 1.807) is 30.3 Å². The van der Waals surface area contributed by atoms with E-state index in [-0.39, 0.29) is 11.3 Å². The lowest BCUT2D eigenvalue weighted by Gasteiger charge is -2.27. The molecule has 1 N–H and O–H groups in total. The lowest BCUT2D eigenvalue weighted by atomic mass is 9.93. The molecule has 4 aromatic rings. The molecule has 1 aromatic heterocycles. The molecule has 2 heterocycles. The number of amides is 1. The summed E-state index contributed by atoms with van der Waals surface area (Å²) in [6.45, 7) is 2.05. The Balaban J connectivity index is 1.67. The van der Waals surface area contributed by atoms with Crippen molar-refractivity contribution in [3.63, 3.8) is 0 Å². The summed E-state index contributed by atoms with van der Waals surface area (Å²) in [5, 5.41) is 11.8.